The van der Waals surface area contributed by atoms with Crippen molar-refractivity contribution in [3.63, 3.8) is 0 Å². The minimum Gasteiger partial charge on any atom is -0.308 e. The molecule has 0 saturated carbocycles. The minimum atomic E-state index is -0.215. The van der Waals surface area contributed by atoms with E-state index >= 15 is 0 Å². The molecule has 0 aliphatic heterocycles. The van der Waals surface area contributed by atoms with Gasteiger partial charge in [-0.2, -0.15) is 0 Å². The molecule has 19 heavy (non-hydrogen) atoms. The fourth-order valence-electron chi connectivity index (χ4n) is 2.14. The van der Waals surface area contributed by atoms with Gasteiger partial charge >= 0.3 is 0 Å². The molecule has 0 aliphatic carbocycles. The molecule has 0 saturated heterocycles. The molecule has 0 unspecified atom stereocenters. The summed E-state index contributed by atoms with van der Waals surface area (Å²) in [6.45, 7) is 5.89. The van der Waals surface area contributed by atoms with Gasteiger partial charge in [-0.15, -0.1) is 0 Å². The largest absolute Gasteiger partial charge is 0.308 e. The Balaban J connectivity index is 2.65. The van der Waals surface area contributed by atoms with Gasteiger partial charge in [0.2, 0.25) is 0 Å². The van der Waals surface area contributed by atoms with Gasteiger partial charge in [0.25, 0.3) is 5.56 Å². The first-order valence-electron chi connectivity index (χ1n) is 6.36. The van der Waals surface area contributed by atoms with Crippen LogP contribution < -0.4 is 5.56 Å². The minimum absolute atomic E-state index is 0.192. The number of aromatic nitrogens is 1. The third-order valence-electron chi connectivity index (χ3n) is 3.22. The smallest absolute Gasteiger partial charge is 0.261 e. The van der Waals surface area contributed by atoms with Crippen LogP contribution in [0.25, 0.3) is 11.3 Å². The van der Waals surface area contributed by atoms with Gasteiger partial charge in [-0.3, -0.25) is 9.59 Å². The van der Waals surface area contributed by atoms with Gasteiger partial charge in [-0.1, -0.05) is 29.8 Å². The molecule has 0 amide bonds. The summed E-state index contributed by atoms with van der Waals surface area (Å²) >= 11 is 0. The van der Waals surface area contributed by atoms with Crippen LogP contribution in [0, 0.1) is 6.92 Å². The van der Waals surface area contributed by atoms with Crippen LogP contribution in [0.1, 0.15) is 29.8 Å². The number of benzene rings is 1. The summed E-state index contributed by atoms with van der Waals surface area (Å²) in [5, 5.41) is 0. The van der Waals surface area contributed by atoms with Gasteiger partial charge in [0, 0.05) is 6.54 Å². The van der Waals surface area contributed by atoms with Crippen LogP contribution in [0.5, 0.6) is 0 Å². The van der Waals surface area contributed by atoms with Gasteiger partial charge in [0.05, 0.1) is 11.3 Å². The van der Waals surface area contributed by atoms with E-state index in [9.17, 15) is 9.59 Å². The maximum Gasteiger partial charge on any atom is 0.261 e. The van der Waals surface area contributed by atoms with E-state index in [1.807, 2.05) is 44.2 Å². The Morgan fingerprint density at radius 1 is 1.11 bits per heavy atom. The summed E-state index contributed by atoms with van der Waals surface area (Å²) in [6, 6.07) is 11.5. The van der Waals surface area contributed by atoms with Gasteiger partial charge in [0.1, 0.15) is 0 Å². The van der Waals surface area contributed by atoms with Crippen molar-refractivity contribution in [2.45, 2.75) is 27.3 Å². The van der Waals surface area contributed by atoms with E-state index < -0.39 is 0 Å². The molecule has 3 heteroatoms. The van der Waals surface area contributed by atoms with E-state index in [-0.39, 0.29) is 16.9 Å². The first-order chi connectivity index (χ1) is 9.04. The van der Waals surface area contributed by atoms with E-state index in [1.165, 1.54) is 12.5 Å². The highest BCUT2D eigenvalue weighted by Crippen LogP contribution is 2.19. The van der Waals surface area contributed by atoms with Crippen LogP contribution >= 0.6 is 0 Å². The number of hydrogen-bond donors (Lipinski definition) is 0. The van der Waals surface area contributed by atoms with Crippen LogP contribution in [-0.4, -0.2) is 10.4 Å². The number of Topliss-reactive ketones (excluding diaryl/α,β-unsaturated/α-hetero) is 1. The Hall–Kier alpha value is -2.16. The van der Waals surface area contributed by atoms with Crippen LogP contribution in [0.3, 0.4) is 0 Å². The third kappa shape index (κ3) is 2.50. The molecule has 3 nitrogen and oxygen atoms in total. The maximum atomic E-state index is 12.2. The highest BCUT2D eigenvalue weighted by Gasteiger charge is 2.11. The zero-order valence-electron chi connectivity index (χ0n) is 11.4. The van der Waals surface area contributed by atoms with Crippen molar-refractivity contribution in [3.8, 4) is 11.3 Å². The molecule has 1 heterocycles. The van der Waals surface area contributed by atoms with E-state index in [1.54, 1.807) is 10.6 Å². The Kier molecular flexibility index (Phi) is 3.65. The molecular formula is C16H17NO2. The molecule has 0 N–H and O–H groups in total. The average Bonchev–Trinajstić information content (AvgIpc) is 2.38. The predicted octanol–water partition coefficient (Wildman–Crippen LogP) is 3.05. The number of pyridine rings is 1. The van der Waals surface area contributed by atoms with E-state index in [2.05, 4.69) is 0 Å². The van der Waals surface area contributed by atoms with Gasteiger partial charge in [-0.05, 0) is 38.5 Å². The lowest BCUT2D eigenvalue weighted by molar-refractivity contribution is 0.101. The average molecular weight is 255 g/mol. The van der Waals surface area contributed by atoms with Crippen molar-refractivity contribution < 1.29 is 4.79 Å². The fraction of sp³-hybridized carbons (Fsp3) is 0.250. The molecular weight excluding hydrogens is 238 g/mol. The van der Waals surface area contributed by atoms with Crippen molar-refractivity contribution in [1.29, 1.82) is 0 Å². The van der Waals surface area contributed by atoms with E-state index in [0.29, 0.717) is 6.54 Å². The van der Waals surface area contributed by atoms with Crippen molar-refractivity contribution in [3.05, 3.63) is 57.9 Å². The van der Waals surface area contributed by atoms with Crippen LogP contribution in [0.15, 0.2) is 41.2 Å². The highest BCUT2D eigenvalue weighted by atomic mass is 16.1. The van der Waals surface area contributed by atoms with Gasteiger partial charge < -0.3 is 4.57 Å². The summed E-state index contributed by atoms with van der Waals surface area (Å²) < 4.78 is 1.64. The first kappa shape index (κ1) is 13.3. The first-order valence-corrected chi connectivity index (χ1v) is 6.36. The van der Waals surface area contributed by atoms with Crippen LogP contribution in [0.2, 0.25) is 0 Å². The molecule has 98 valence electrons. The predicted molar refractivity (Wildman–Crippen MR) is 76.6 cm³/mol. The van der Waals surface area contributed by atoms with Crippen molar-refractivity contribution in [2.24, 2.45) is 0 Å². The lowest BCUT2D eigenvalue weighted by Gasteiger charge is -2.12. The quantitative estimate of drug-likeness (QED) is 0.791. The number of ketones is 1. The molecule has 1 aromatic carbocycles. The van der Waals surface area contributed by atoms with Gasteiger partial charge in [0.15, 0.2) is 5.78 Å². The molecule has 0 spiro atoms. The monoisotopic (exact) mass is 255 g/mol. The normalized spacial score (nSPS) is 10.5. The summed E-state index contributed by atoms with van der Waals surface area (Å²) in [7, 11) is 0. The molecule has 2 aromatic rings. The third-order valence-corrected chi connectivity index (χ3v) is 3.22. The van der Waals surface area contributed by atoms with E-state index in [4.69, 9.17) is 0 Å². The second kappa shape index (κ2) is 5.22. The summed E-state index contributed by atoms with van der Waals surface area (Å²) in [4.78, 5) is 23.7. The number of rotatable bonds is 3. The standard InChI is InChI=1S/C16H17NO2/c1-4-17-15(13-7-5-11(2)6-8-13)10-9-14(12(3)18)16(17)19/h5-10H,4H2,1-3H3. The second-order valence-corrected chi connectivity index (χ2v) is 4.60. The van der Waals surface area contributed by atoms with Crippen molar-refractivity contribution >= 4 is 5.78 Å². The fourth-order valence-corrected chi connectivity index (χ4v) is 2.14. The number of nitrogens with zero attached hydrogens (tertiary/aromatic N) is 1. The highest BCUT2D eigenvalue weighted by molar-refractivity contribution is 5.93. The van der Waals surface area contributed by atoms with Crippen molar-refractivity contribution in [2.75, 3.05) is 0 Å². The Morgan fingerprint density at radius 3 is 2.26 bits per heavy atom. The molecule has 0 atom stereocenters. The van der Waals surface area contributed by atoms with E-state index in [0.717, 1.165) is 11.3 Å². The topological polar surface area (TPSA) is 39.1 Å². The summed E-state index contributed by atoms with van der Waals surface area (Å²) in [5.41, 5.74) is 3.04. The molecule has 1 aromatic heterocycles. The molecule has 2 rings (SSSR count). The lowest BCUT2D eigenvalue weighted by Crippen LogP contribution is -2.26. The Bertz CT molecular complexity index is 666. The SMILES string of the molecule is CCn1c(-c2ccc(C)cc2)ccc(C(C)=O)c1=O. The summed E-state index contributed by atoms with van der Waals surface area (Å²) in [5.74, 6) is -0.192. The van der Waals surface area contributed by atoms with Gasteiger partial charge in [-0.25, -0.2) is 0 Å². The van der Waals surface area contributed by atoms with Crippen LogP contribution in [0.4, 0.5) is 0 Å². The second-order valence-electron chi connectivity index (χ2n) is 4.60. The molecule has 0 aliphatic rings. The molecule has 0 fully saturated rings. The number of aryl methyl sites for hydroxylation is 1. The van der Waals surface area contributed by atoms with Crippen LogP contribution in [-0.2, 0) is 6.54 Å². The van der Waals surface area contributed by atoms with Crippen molar-refractivity contribution in [1.82, 2.24) is 4.57 Å². The molecule has 0 radical (unpaired) electrons. The molecule has 0 bridgehead atoms. The lowest BCUT2D eigenvalue weighted by atomic mass is 10.1. The number of carbonyl (C=O) groups excluding carboxylic acids is 1. The number of hydrogen-bond acceptors (Lipinski definition) is 2. The zero-order valence-corrected chi connectivity index (χ0v) is 11.4. The summed E-state index contributed by atoms with van der Waals surface area (Å²) in [6.07, 6.45) is 0. The maximum absolute atomic E-state index is 12.2. The Labute approximate surface area is 112 Å². The number of carbonyl (C=O) groups is 1. The Morgan fingerprint density at radius 2 is 1.74 bits per heavy atom. The zero-order chi connectivity index (χ0) is 14.0.